The van der Waals surface area contributed by atoms with Gasteiger partial charge in [0.25, 0.3) is 11.8 Å². The number of nitrogens with zero attached hydrogens (tertiary/aromatic N) is 1. The minimum absolute atomic E-state index is 0.117. The van der Waals surface area contributed by atoms with Crippen LogP contribution in [0.2, 0.25) is 0 Å². The zero-order valence-electron chi connectivity index (χ0n) is 8.52. The van der Waals surface area contributed by atoms with Gasteiger partial charge in [0.05, 0.1) is 11.1 Å². The van der Waals surface area contributed by atoms with Crippen molar-refractivity contribution in [3.8, 4) is 0 Å². The molecule has 0 spiro atoms. The van der Waals surface area contributed by atoms with Crippen LogP contribution < -0.4 is 0 Å². The molecule has 0 unspecified atom stereocenters. The van der Waals surface area contributed by atoms with Crippen molar-refractivity contribution >= 4 is 34.4 Å². The van der Waals surface area contributed by atoms with E-state index in [4.69, 9.17) is 0 Å². The van der Waals surface area contributed by atoms with E-state index >= 15 is 0 Å². The molecule has 3 nitrogen and oxygen atoms in total. The molecule has 2 amide bonds. The summed E-state index contributed by atoms with van der Waals surface area (Å²) in [5.74, 6) is -0.234. The summed E-state index contributed by atoms with van der Waals surface area (Å²) in [5, 5.41) is 0. The van der Waals surface area contributed by atoms with Crippen molar-refractivity contribution in [1.29, 1.82) is 0 Å². The lowest BCUT2D eigenvalue weighted by molar-refractivity contribution is 0.0518. The standard InChI is InChI=1S/C12H10INO2/c13-7-5-8(6-7)14-11(15)9-3-1-2-4-10(9)12(14)16/h1-4,7-8H,5-6H2. The summed E-state index contributed by atoms with van der Waals surface area (Å²) in [7, 11) is 0. The van der Waals surface area contributed by atoms with Gasteiger partial charge in [-0.25, -0.2) is 0 Å². The van der Waals surface area contributed by atoms with Crippen LogP contribution in [0.5, 0.6) is 0 Å². The van der Waals surface area contributed by atoms with Crippen molar-refractivity contribution in [2.75, 3.05) is 0 Å². The van der Waals surface area contributed by atoms with Crippen LogP contribution in [0.15, 0.2) is 24.3 Å². The van der Waals surface area contributed by atoms with Crippen molar-refractivity contribution in [3.05, 3.63) is 35.4 Å². The zero-order valence-corrected chi connectivity index (χ0v) is 10.7. The molecular weight excluding hydrogens is 317 g/mol. The Kier molecular flexibility index (Phi) is 2.27. The third-order valence-corrected chi connectivity index (χ3v) is 4.26. The topological polar surface area (TPSA) is 37.4 Å². The van der Waals surface area contributed by atoms with Crippen molar-refractivity contribution in [3.63, 3.8) is 0 Å². The fourth-order valence-electron chi connectivity index (χ4n) is 2.27. The predicted molar refractivity (Wildman–Crippen MR) is 67.8 cm³/mol. The molecule has 82 valence electrons. The van der Waals surface area contributed by atoms with E-state index in [1.165, 1.54) is 4.90 Å². The molecular formula is C12H10INO2. The quantitative estimate of drug-likeness (QED) is 0.451. The molecule has 1 fully saturated rings. The smallest absolute Gasteiger partial charge is 0.261 e. The monoisotopic (exact) mass is 327 g/mol. The molecule has 1 saturated carbocycles. The van der Waals surface area contributed by atoms with Crippen LogP contribution in [0.4, 0.5) is 0 Å². The van der Waals surface area contributed by atoms with Gasteiger partial charge >= 0.3 is 0 Å². The van der Waals surface area contributed by atoms with Gasteiger partial charge in [-0.2, -0.15) is 0 Å². The highest BCUT2D eigenvalue weighted by atomic mass is 127. The van der Waals surface area contributed by atoms with Crippen LogP contribution in [0.1, 0.15) is 33.6 Å². The number of hydrogen-bond acceptors (Lipinski definition) is 2. The normalized spacial score (nSPS) is 27.9. The van der Waals surface area contributed by atoms with Gasteiger partial charge < -0.3 is 0 Å². The fourth-order valence-corrected chi connectivity index (χ4v) is 3.45. The third-order valence-electron chi connectivity index (χ3n) is 3.25. The number of hydrogen-bond donors (Lipinski definition) is 0. The van der Waals surface area contributed by atoms with Gasteiger partial charge in [-0.05, 0) is 25.0 Å². The molecule has 0 atom stereocenters. The van der Waals surface area contributed by atoms with Crippen molar-refractivity contribution < 1.29 is 9.59 Å². The second-order valence-electron chi connectivity index (χ2n) is 4.25. The van der Waals surface area contributed by atoms with E-state index in [0.29, 0.717) is 15.1 Å². The average molecular weight is 327 g/mol. The van der Waals surface area contributed by atoms with E-state index in [-0.39, 0.29) is 17.9 Å². The molecule has 1 aromatic carbocycles. The summed E-state index contributed by atoms with van der Waals surface area (Å²) in [5.41, 5.74) is 1.12. The predicted octanol–water partition coefficient (Wildman–Crippen LogP) is 2.25. The lowest BCUT2D eigenvalue weighted by Crippen LogP contribution is -2.48. The molecule has 0 saturated heterocycles. The first-order valence-electron chi connectivity index (χ1n) is 5.29. The number of fused-ring (bicyclic) bond motifs is 1. The van der Waals surface area contributed by atoms with Crippen LogP contribution >= 0.6 is 22.6 Å². The van der Waals surface area contributed by atoms with E-state index in [1.807, 2.05) is 0 Å². The minimum atomic E-state index is -0.117. The number of rotatable bonds is 1. The van der Waals surface area contributed by atoms with Gasteiger partial charge in [0, 0.05) is 9.97 Å². The second kappa shape index (κ2) is 3.55. The van der Waals surface area contributed by atoms with Gasteiger partial charge in [-0.3, -0.25) is 14.5 Å². The van der Waals surface area contributed by atoms with Gasteiger partial charge in [0.15, 0.2) is 0 Å². The molecule has 4 heteroatoms. The maximum atomic E-state index is 12.1. The van der Waals surface area contributed by atoms with Crippen molar-refractivity contribution in [2.45, 2.75) is 22.8 Å². The van der Waals surface area contributed by atoms with E-state index in [1.54, 1.807) is 24.3 Å². The first-order valence-corrected chi connectivity index (χ1v) is 6.54. The summed E-state index contributed by atoms with van der Waals surface area (Å²) in [6.45, 7) is 0. The Morgan fingerprint density at radius 2 is 1.56 bits per heavy atom. The Hall–Kier alpha value is -0.910. The molecule has 1 aromatic rings. The Balaban J connectivity index is 1.96. The Morgan fingerprint density at radius 3 is 2.00 bits per heavy atom. The highest BCUT2D eigenvalue weighted by Crippen LogP contribution is 2.36. The third kappa shape index (κ3) is 1.32. The summed E-state index contributed by atoms with van der Waals surface area (Å²) < 4.78 is 0.604. The molecule has 1 aliphatic carbocycles. The van der Waals surface area contributed by atoms with Crippen LogP contribution in [-0.4, -0.2) is 26.7 Å². The van der Waals surface area contributed by atoms with Gasteiger partial charge in [-0.1, -0.05) is 34.7 Å². The first kappa shape index (κ1) is 10.3. The number of carbonyl (C=O) groups excluding carboxylic acids is 2. The van der Waals surface area contributed by atoms with Crippen LogP contribution in [0, 0.1) is 0 Å². The Morgan fingerprint density at radius 1 is 1.06 bits per heavy atom. The van der Waals surface area contributed by atoms with Gasteiger partial charge in [0.1, 0.15) is 0 Å². The highest BCUT2D eigenvalue weighted by molar-refractivity contribution is 14.1. The number of carbonyl (C=O) groups is 2. The maximum absolute atomic E-state index is 12.1. The molecule has 2 aliphatic rings. The molecule has 0 N–H and O–H groups in total. The maximum Gasteiger partial charge on any atom is 0.261 e. The molecule has 0 aromatic heterocycles. The lowest BCUT2D eigenvalue weighted by Gasteiger charge is -2.37. The Labute approximate surface area is 107 Å². The highest BCUT2D eigenvalue weighted by Gasteiger charge is 2.44. The summed E-state index contributed by atoms with van der Waals surface area (Å²) in [6, 6.07) is 7.19. The molecule has 0 bridgehead atoms. The van der Waals surface area contributed by atoms with Crippen LogP contribution in [-0.2, 0) is 0 Å². The number of amides is 2. The number of alkyl halides is 1. The van der Waals surface area contributed by atoms with E-state index in [9.17, 15) is 9.59 Å². The fraction of sp³-hybridized carbons (Fsp3) is 0.333. The molecule has 3 rings (SSSR count). The van der Waals surface area contributed by atoms with Crippen LogP contribution in [0.25, 0.3) is 0 Å². The number of benzene rings is 1. The lowest BCUT2D eigenvalue weighted by atomic mass is 9.91. The van der Waals surface area contributed by atoms with Crippen LogP contribution in [0.3, 0.4) is 0 Å². The van der Waals surface area contributed by atoms with Gasteiger partial charge in [-0.15, -0.1) is 0 Å². The largest absolute Gasteiger partial charge is 0.271 e. The van der Waals surface area contributed by atoms with Gasteiger partial charge in [0.2, 0.25) is 0 Å². The molecule has 16 heavy (non-hydrogen) atoms. The second-order valence-corrected chi connectivity index (χ2v) is 6.01. The van der Waals surface area contributed by atoms with E-state index in [0.717, 1.165) is 12.8 Å². The molecule has 0 radical (unpaired) electrons. The molecule has 1 heterocycles. The first-order chi connectivity index (χ1) is 7.68. The summed E-state index contributed by atoms with van der Waals surface area (Å²) in [4.78, 5) is 25.5. The SMILES string of the molecule is O=C1c2ccccc2C(=O)N1C1CC(I)C1. The van der Waals surface area contributed by atoms with Crippen molar-refractivity contribution in [2.24, 2.45) is 0 Å². The summed E-state index contributed by atoms with van der Waals surface area (Å²) >= 11 is 2.36. The number of halogens is 1. The number of imide groups is 1. The van der Waals surface area contributed by atoms with E-state index in [2.05, 4.69) is 22.6 Å². The zero-order chi connectivity index (χ0) is 11.3. The molecule has 1 aliphatic heterocycles. The Bertz CT molecular complexity index is 445. The van der Waals surface area contributed by atoms with Crippen molar-refractivity contribution in [1.82, 2.24) is 4.90 Å². The van der Waals surface area contributed by atoms with E-state index < -0.39 is 0 Å². The average Bonchev–Trinajstić information content (AvgIpc) is 2.49. The minimum Gasteiger partial charge on any atom is -0.271 e. The summed E-state index contributed by atoms with van der Waals surface area (Å²) in [6.07, 6.45) is 1.87.